The first-order valence-corrected chi connectivity index (χ1v) is 8.46. The number of halogens is 3. The molecule has 2 aromatic rings. The molecule has 0 spiro atoms. The molecule has 1 fully saturated rings. The number of carbonyl (C=O) groups is 1. The van der Waals surface area contributed by atoms with E-state index in [-0.39, 0.29) is 5.56 Å². The molecule has 2 heterocycles. The van der Waals surface area contributed by atoms with Crippen LogP contribution >= 0.6 is 11.6 Å². The third kappa shape index (κ3) is 4.07. The van der Waals surface area contributed by atoms with Crippen LogP contribution in [0.1, 0.15) is 28.8 Å². The fraction of sp³-hybridized carbons (Fsp3) is 0.333. The molecule has 1 aliphatic heterocycles. The van der Waals surface area contributed by atoms with Crippen molar-refractivity contribution < 1.29 is 13.6 Å². The van der Waals surface area contributed by atoms with E-state index in [4.69, 9.17) is 17.3 Å². The Kier molecular flexibility index (Phi) is 5.18. The SMILES string of the molecule is NC(=O)c1cnc(N2CCC(Cc3ccc(F)c(F)c3)CC2)c(Cl)c1. The molecule has 132 valence electrons. The summed E-state index contributed by atoms with van der Waals surface area (Å²) in [6.45, 7) is 1.52. The zero-order valence-corrected chi connectivity index (χ0v) is 14.3. The third-order valence-corrected chi connectivity index (χ3v) is 4.81. The van der Waals surface area contributed by atoms with Crippen molar-refractivity contribution in [1.82, 2.24) is 4.98 Å². The number of nitrogens with zero attached hydrogens (tertiary/aromatic N) is 2. The summed E-state index contributed by atoms with van der Waals surface area (Å²) in [6, 6.07) is 5.60. The average molecular weight is 366 g/mol. The number of rotatable bonds is 4. The number of benzene rings is 1. The van der Waals surface area contributed by atoms with Crippen molar-refractivity contribution >= 4 is 23.3 Å². The topological polar surface area (TPSA) is 59.2 Å². The highest BCUT2D eigenvalue weighted by molar-refractivity contribution is 6.33. The van der Waals surface area contributed by atoms with Gasteiger partial charge in [-0.3, -0.25) is 4.79 Å². The Bertz CT molecular complexity index is 792. The lowest BCUT2D eigenvalue weighted by Gasteiger charge is -2.33. The van der Waals surface area contributed by atoms with Crippen LogP contribution in [-0.2, 0) is 6.42 Å². The molecular weight excluding hydrogens is 348 g/mol. The molecule has 1 saturated heterocycles. The van der Waals surface area contributed by atoms with Gasteiger partial charge in [0, 0.05) is 19.3 Å². The summed E-state index contributed by atoms with van der Waals surface area (Å²) in [5.74, 6) is -1.16. The Morgan fingerprint density at radius 2 is 1.96 bits per heavy atom. The minimum Gasteiger partial charge on any atom is -0.366 e. The van der Waals surface area contributed by atoms with E-state index in [0.717, 1.165) is 31.5 Å². The lowest BCUT2D eigenvalue weighted by molar-refractivity contribution is 0.1000. The Morgan fingerprint density at radius 3 is 2.56 bits per heavy atom. The van der Waals surface area contributed by atoms with Gasteiger partial charge in [0.25, 0.3) is 0 Å². The number of pyridine rings is 1. The highest BCUT2D eigenvalue weighted by Crippen LogP contribution is 2.29. The number of piperidine rings is 1. The predicted molar refractivity (Wildman–Crippen MR) is 92.8 cm³/mol. The van der Waals surface area contributed by atoms with Gasteiger partial charge in [0.1, 0.15) is 5.82 Å². The first kappa shape index (κ1) is 17.6. The van der Waals surface area contributed by atoms with Crippen molar-refractivity contribution in [2.24, 2.45) is 11.7 Å². The summed E-state index contributed by atoms with van der Waals surface area (Å²) >= 11 is 6.22. The molecule has 1 aromatic heterocycles. The number of primary amides is 1. The first-order chi connectivity index (χ1) is 11.9. The highest BCUT2D eigenvalue weighted by Gasteiger charge is 2.22. The molecule has 1 aromatic carbocycles. The molecule has 1 amide bonds. The number of carbonyl (C=O) groups excluding carboxylic acids is 1. The zero-order chi connectivity index (χ0) is 18.0. The second-order valence-corrected chi connectivity index (χ2v) is 6.68. The molecule has 0 saturated carbocycles. The van der Waals surface area contributed by atoms with Gasteiger partial charge in [-0.25, -0.2) is 13.8 Å². The molecule has 0 bridgehead atoms. The quantitative estimate of drug-likeness (QED) is 0.901. The molecule has 0 atom stereocenters. The average Bonchev–Trinajstić information content (AvgIpc) is 2.59. The maximum Gasteiger partial charge on any atom is 0.250 e. The molecular formula is C18H18ClF2N3O. The van der Waals surface area contributed by atoms with Crippen molar-refractivity contribution in [1.29, 1.82) is 0 Å². The number of aromatic nitrogens is 1. The molecule has 1 aliphatic rings. The zero-order valence-electron chi connectivity index (χ0n) is 13.5. The second kappa shape index (κ2) is 7.35. The molecule has 0 unspecified atom stereocenters. The predicted octanol–water partition coefficient (Wildman–Crippen LogP) is 3.57. The standard InChI is InChI=1S/C18H18ClF2N3O/c19-14-9-13(17(22)25)10-23-18(14)24-5-3-11(4-6-24)7-12-1-2-15(20)16(21)8-12/h1-2,8-11H,3-7H2,(H2,22,25). The van der Waals surface area contributed by atoms with Crippen LogP contribution in [0.25, 0.3) is 0 Å². The second-order valence-electron chi connectivity index (χ2n) is 6.28. The van der Waals surface area contributed by atoms with E-state index < -0.39 is 17.5 Å². The van der Waals surface area contributed by atoms with Gasteiger partial charge in [0.05, 0.1) is 10.6 Å². The van der Waals surface area contributed by atoms with Crippen molar-refractivity contribution in [3.8, 4) is 0 Å². The van der Waals surface area contributed by atoms with Gasteiger partial charge in [-0.1, -0.05) is 17.7 Å². The van der Waals surface area contributed by atoms with Gasteiger partial charge in [-0.15, -0.1) is 0 Å². The van der Waals surface area contributed by atoms with Crippen LogP contribution in [0.4, 0.5) is 14.6 Å². The van der Waals surface area contributed by atoms with E-state index in [1.165, 1.54) is 24.4 Å². The molecule has 4 nitrogen and oxygen atoms in total. The fourth-order valence-corrected chi connectivity index (χ4v) is 3.43. The van der Waals surface area contributed by atoms with Crippen LogP contribution in [0.3, 0.4) is 0 Å². The van der Waals surface area contributed by atoms with Crippen molar-refractivity contribution in [3.63, 3.8) is 0 Å². The molecule has 3 rings (SSSR count). The van der Waals surface area contributed by atoms with Crippen LogP contribution in [-0.4, -0.2) is 24.0 Å². The van der Waals surface area contributed by atoms with E-state index >= 15 is 0 Å². The van der Waals surface area contributed by atoms with Crippen LogP contribution < -0.4 is 10.6 Å². The van der Waals surface area contributed by atoms with Gasteiger partial charge in [0.15, 0.2) is 11.6 Å². The Hall–Kier alpha value is -2.21. The highest BCUT2D eigenvalue weighted by atomic mass is 35.5. The molecule has 0 radical (unpaired) electrons. The third-order valence-electron chi connectivity index (χ3n) is 4.53. The van der Waals surface area contributed by atoms with Crippen molar-refractivity contribution in [3.05, 3.63) is 58.2 Å². The Balaban J connectivity index is 1.62. The Labute approximate surface area is 149 Å². The number of amides is 1. The summed E-state index contributed by atoms with van der Waals surface area (Å²) < 4.78 is 26.3. The summed E-state index contributed by atoms with van der Waals surface area (Å²) in [7, 11) is 0. The van der Waals surface area contributed by atoms with Gasteiger partial charge in [-0.05, 0) is 48.9 Å². The number of anilines is 1. The summed E-state index contributed by atoms with van der Waals surface area (Å²) in [5, 5.41) is 0.398. The van der Waals surface area contributed by atoms with E-state index in [2.05, 4.69) is 9.88 Å². The van der Waals surface area contributed by atoms with Gasteiger partial charge < -0.3 is 10.6 Å². The monoisotopic (exact) mass is 365 g/mol. The minimum atomic E-state index is -0.821. The molecule has 25 heavy (non-hydrogen) atoms. The largest absolute Gasteiger partial charge is 0.366 e. The normalized spacial score (nSPS) is 15.4. The van der Waals surface area contributed by atoms with E-state index in [0.29, 0.717) is 23.2 Å². The van der Waals surface area contributed by atoms with Crippen LogP contribution in [0.5, 0.6) is 0 Å². The number of nitrogens with two attached hydrogens (primary N) is 1. The minimum absolute atomic E-state index is 0.280. The maximum atomic E-state index is 13.3. The van der Waals surface area contributed by atoms with Crippen LogP contribution in [0, 0.1) is 17.6 Å². The molecule has 7 heteroatoms. The van der Waals surface area contributed by atoms with E-state index in [9.17, 15) is 13.6 Å². The van der Waals surface area contributed by atoms with Crippen molar-refractivity contribution in [2.75, 3.05) is 18.0 Å². The van der Waals surface area contributed by atoms with E-state index in [1.807, 2.05) is 0 Å². The maximum absolute atomic E-state index is 13.3. The van der Waals surface area contributed by atoms with Gasteiger partial charge in [0.2, 0.25) is 5.91 Å². The van der Waals surface area contributed by atoms with Crippen LogP contribution in [0.2, 0.25) is 5.02 Å². The summed E-state index contributed by atoms with van der Waals surface area (Å²) in [6.07, 6.45) is 3.94. The van der Waals surface area contributed by atoms with Crippen LogP contribution in [0.15, 0.2) is 30.5 Å². The number of hydrogen-bond acceptors (Lipinski definition) is 3. The lowest BCUT2D eigenvalue weighted by atomic mass is 9.90. The van der Waals surface area contributed by atoms with Gasteiger partial charge >= 0.3 is 0 Å². The summed E-state index contributed by atoms with van der Waals surface area (Å²) in [4.78, 5) is 17.5. The summed E-state index contributed by atoms with van der Waals surface area (Å²) in [5.41, 5.74) is 6.31. The van der Waals surface area contributed by atoms with Crippen molar-refractivity contribution in [2.45, 2.75) is 19.3 Å². The molecule has 0 aliphatic carbocycles. The first-order valence-electron chi connectivity index (χ1n) is 8.08. The smallest absolute Gasteiger partial charge is 0.250 e. The number of hydrogen-bond donors (Lipinski definition) is 1. The lowest BCUT2D eigenvalue weighted by Crippen LogP contribution is -2.35. The molecule has 2 N–H and O–H groups in total. The fourth-order valence-electron chi connectivity index (χ4n) is 3.15. The van der Waals surface area contributed by atoms with E-state index in [1.54, 1.807) is 6.07 Å². The Morgan fingerprint density at radius 1 is 1.24 bits per heavy atom. The van der Waals surface area contributed by atoms with Gasteiger partial charge in [-0.2, -0.15) is 0 Å².